The highest BCUT2D eigenvalue weighted by Gasteiger charge is 2.19. The van der Waals surface area contributed by atoms with Crippen molar-refractivity contribution in [2.45, 2.75) is 66.0 Å². The van der Waals surface area contributed by atoms with E-state index in [0.717, 1.165) is 12.5 Å². The normalized spacial score (nSPS) is 19.9. The van der Waals surface area contributed by atoms with Gasteiger partial charge in [-0.2, -0.15) is 0 Å². The van der Waals surface area contributed by atoms with E-state index in [1.165, 1.54) is 49.2 Å². The molecule has 2 heteroatoms. The average molecular weight is 288 g/mol. The SMILES string of the molecule is CCC1CCCN(c2ccc(CNC(C)(C)C)c(C)c2)C1. The van der Waals surface area contributed by atoms with Gasteiger partial charge in [-0.05, 0) is 69.7 Å². The van der Waals surface area contributed by atoms with Crippen LogP contribution in [-0.4, -0.2) is 18.6 Å². The molecule has 0 amide bonds. The lowest BCUT2D eigenvalue weighted by Gasteiger charge is -2.34. The largest absolute Gasteiger partial charge is 0.371 e. The molecule has 1 aromatic carbocycles. The van der Waals surface area contributed by atoms with Crippen molar-refractivity contribution in [3.63, 3.8) is 0 Å². The van der Waals surface area contributed by atoms with Crippen LogP contribution in [0.3, 0.4) is 0 Å². The second-order valence-corrected chi connectivity index (χ2v) is 7.58. The molecule has 1 aliphatic rings. The van der Waals surface area contributed by atoms with Crippen molar-refractivity contribution < 1.29 is 0 Å². The van der Waals surface area contributed by atoms with E-state index in [9.17, 15) is 0 Å². The highest BCUT2D eigenvalue weighted by Crippen LogP contribution is 2.26. The van der Waals surface area contributed by atoms with Crippen LogP contribution in [0.5, 0.6) is 0 Å². The third-order valence-corrected chi connectivity index (χ3v) is 4.60. The highest BCUT2D eigenvalue weighted by molar-refractivity contribution is 5.51. The molecule has 1 atom stereocenters. The minimum absolute atomic E-state index is 0.173. The highest BCUT2D eigenvalue weighted by atomic mass is 15.1. The van der Waals surface area contributed by atoms with Crippen LogP contribution >= 0.6 is 0 Å². The summed E-state index contributed by atoms with van der Waals surface area (Å²) >= 11 is 0. The van der Waals surface area contributed by atoms with Crippen molar-refractivity contribution in [3.8, 4) is 0 Å². The van der Waals surface area contributed by atoms with Gasteiger partial charge < -0.3 is 10.2 Å². The fraction of sp³-hybridized carbons (Fsp3) is 0.684. The Labute approximate surface area is 130 Å². The Morgan fingerprint density at radius 2 is 2.05 bits per heavy atom. The van der Waals surface area contributed by atoms with Gasteiger partial charge in [0.25, 0.3) is 0 Å². The van der Waals surface area contributed by atoms with Crippen molar-refractivity contribution in [2.24, 2.45) is 5.92 Å². The van der Waals surface area contributed by atoms with Crippen molar-refractivity contribution in [1.82, 2.24) is 5.32 Å². The number of benzene rings is 1. The summed E-state index contributed by atoms with van der Waals surface area (Å²) < 4.78 is 0. The second kappa shape index (κ2) is 6.83. The smallest absolute Gasteiger partial charge is 0.0369 e. The van der Waals surface area contributed by atoms with Crippen molar-refractivity contribution in [1.29, 1.82) is 0 Å². The number of nitrogens with one attached hydrogen (secondary N) is 1. The molecular weight excluding hydrogens is 256 g/mol. The molecule has 2 rings (SSSR count). The Balaban J connectivity index is 2.04. The van der Waals surface area contributed by atoms with Gasteiger partial charge >= 0.3 is 0 Å². The zero-order chi connectivity index (χ0) is 15.5. The number of anilines is 1. The predicted octanol–water partition coefficient (Wildman–Crippen LogP) is 4.51. The molecule has 1 fully saturated rings. The fourth-order valence-electron chi connectivity index (χ4n) is 3.07. The lowest BCUT2D eigenvalue weighted by molar-refractivity contribution is 0.404. The Hall–Kier alpha value is -1.02. The third kappa shape index (κ3) is 4.74. The van der Waals surface area contributed by atoms with Crippen LogP contribution in [0.2, 0.25) is 0 Å². The molecule has 1 aromatic rings. The van der Waals surface area contributed by atoms with Crippen molar-refractivity contribution in [2.75, 3.05) is 18.0 Å². The third-order valence-electron chi connectivity index (χ3n) is 4.60. The van der Waals surface area contributed by atoms with Crippen LogP contribution in [-0.2, 0) is 6.54 Å². The molecule has 0 aromatic heterocycles. The Bertz CT molecular complexity index is 459. The maximum atomic E-state index is 3.58. The molecule has 0 saturated carbocycles. The number of hydrogen-bond acceptors (Lipinski definition) is 2. The van der Waals surface area contributed by atoms with Gasteiger partial charge in [0.1, 0.15) is 0 Å². The molecule has 0 bridgehead atoms. The van der Waals surface area contributed by atoms with E-state index in [1.807, 2.05) is 0 Å². The van der Waals surface area contributed by atoms with Crippen molar-refractivity contribution in [3.05, 3.63) is 29.3 Å². The standard InChI is InChI=1S/C19H32N2/c1-6-16-8-7-11-21(14-16)18-10-9-17(15(2)12-18)13-20-19(3,4)5/h9-10,12,16,20H,6-8,11,13-14H2,1-5H3. The first kappa shape index (κ1) is 16.4. The summed E-state index contributed by atoms with van der Waals surface area (Å²) in [5, 5.41) is 3.58. The fourth-order valence-corrected chi connectivity index (χ4v) is 3.07. The molecule has 2 nitrogen and oxygen atoms in total. The zero-order valence-corrected chi connectivity index (χ0v) is 14.5. The summed E-state index contributed by atoms with van der Waals surface area (Å²) in [6.45, 7) is 14.6. The quantitative estimate of drug-likeness (QED) is 0.877. The molecule has 1 saturated heterocycles. The Kier molecular flexibility index (Phi) is 5.32. The van der Waals surface area contributed by atoms with Gasteiger partial charge in [0.2, 0.25) is 0 Å². The summed E-state index contributed by atoms with van der Waals surface area (Å²) in [4.78, 5) is 2.58. The van der Waals surface area contributed by atoms with E-state index in [2.05, 4.69) is 63.0 Å². The van der Waals surface area contributed by atoms with E-state index >= 15 is 0 Å². The lowest BCUT2D eigenvalue weighted by Crippen LogP contribution is -2.36. The van der Waals surface area contributed by atoms with Gasteiger partial charge in [-0.15, -0.1) is 0 Å². The zero-order valence-electron chi connectivity index (χ0n) is 14.5. The topological polar surface area (TPSA) is 15.3 Å². The minimum atomic E-state index is 0.173. The predicted molar refractivity (Wildman–Crippen MR) is 93.0 cm³/mol. The summed E-state index contributed by atoms with van der Waals surface area (Å²) in [7, 11) is 0. The molecular formula is C19H32N2. The maximum absolute atomic E-state index is 3.58. The van der Waals surface area contributed by atoms with Gasteiger partial charge in [0.05, 0.1) is 0 Å². The molecule has 21 heavy (non-hydrogen) atoms. The Morgan fingerprint density at radius 1 is 1.29 bits per heavy atom. The molecule has 0 radical (unpaired) electrons. The summed E-state index contributed by atoms with van der Waals surface area (Å²) in [6, 6.07) is 6.99. The Morgan fingerprint density at radius 3 is 2.67 bits per heavy atom. The molecule has 0 spiro atoms. The van der Waals surface area contributed by atoms with Crippen molar-refractivity contribution >= 4 is 5.69 Å². The van der Waals surface area contributed by atoms with E-state index < -0.39 is 0 Å². The average Bonchev–Trinajstić information content (AvgIpc) is 2.45. The molecule has 1 unspecified atom stereocenters. The second-order valence-electron chi connectivity index (χ2n) is 7.58. The van der Waals surface area contributed by atoms with Crippen LogP contribution in [0, 0.1) is 12.8 Å². The summed E-state index contributed by atoms with van der Waals surface area (Å²) in [5.41, 5.74) is 4.40. The molecule has 1 aliphatic heterocycles. The molecule has 1 N–H and O–H groups in total. The first-order chi connectivity index (χ1) is 9.89. The monoisotopic (exact) mass is 288 g/mol. The number of nitrogens with zero attached hydrogens (tertiary/aromatic N) is 1. The van der Waals surface area contributed by atoms with Gasteiger partial charge in [-0.1, -0.05) is 19.4 Å². The van der Waals surface area contributed by atoms with E-state index in [0.29, 0.717) is 0 Å². The summed E-state index contributed by atoms with van der Waals surface area (Å²) in [5.74, 6) is 0.876. The number of rotatable bonds is 4. The van der Waals surface area contributed by atoms with E-state index in [1.54, 1.807) is 0 Å². The van der Waals surface area contributed by atoms with Crippen LogP contribution in [0.25, 0.3) is 0 Å². The van der Waals surface area contributed by atoms with Gasteiger partial charge in [-0.3, -0.25) is 0 Å². The number of hydrogen-bond donors (Lipinski definition) is 1. The van der Waals surface area contributed by atoms with Crippen LogP contribution in [0.15, 0.2) is 18.2 Å². The van der Waals surface area contributed by atoms with E-state index in [-0.39, 0.29) is 5.54 Å². The number of piperidine rings is 1. The minimum Gasteiger partial charge on any atom is -0.371 e. The van der Waals surface area contributed by atoms with Crippen LogP contribution < -0.4 is 10.2 Å². The maximum Gasteiger partial charge on any atom is 0.0369 e. The van der Waals surface area contributed by atoms with Crippen LogP contribution in [0.1, 0.15) is 58.1 Å². The first-order valence-corrected chi connectivity index (χ1v) is 8.48. The van der Waals surface area contributed by atoms with Gasteiger partial charge in [0, 0.05) is 30.9 Å². The van der Waals surface area contributed by atoms with Crippen LogP contribution in [0.4, 0.5) is 5.69 Å². The first-order valence-electron chi connectivity index (χ1n) is 8.48. The van der Waals surface area contributed by atoms with Gasteiger partial charge in [0.15, 0.2) is 0 Å². The van der Waals surface area contributed by atoms with E-state index in [4.69, 9.17) is 0 Å². The molecule has 118 valence electrons. The molecule has 0 aliphatic carbocycles. The van der Waals surface area contributed by atoms with Gasteiger partial charge in [-0.25, -0.2) is 0 Å². The lowest BCUT2D eigenvalue weighted by atomic mass is 9.95. The molecule has 1 heterocycles. The number of aryl methyl sites for hydroxylation is 1. The summed E-state index contributed by atoms with van der Waals surface area (Å²) in [6.07, 6.45) is 4.05.